The molecule has 1 N–H and O–H groups in total. The van der Waals surface area contributed by atoms with Crippen molar-refractivity contribution in [1.29, 1.82) is 0 Å². The van der Waals surface area contributed by atoms with Crippen molar-refractivity contribution in [3.05, 3.63) is 77.4 Å². The number of hydrogen-bond acceptors (Lipinski definition) is 2. The normalized spacial score (nSPS) is 11.0. The molecule has 0 bridgehead atoms. The molecule has 0 spiro atoms. The van der Waals surface area contributed by atoms with Gasteiger partial charge in [-0.15, -0.1) is 0 Å². The van der Waals surface area contributed by atoms with Gasteiger partial charge in [-0.25, -0.2) is 0 Å². The molecular formula is C20H15ClN2. The minimum Gasteiger partial charge on any atom is -0.355 e. The van der Waals surface area contributed by atoms with E-state index in [2.05, 4.69) is 47.8 Å². The lowest BCUT2D eigenvalue weighted by Gasteiger charge is -2.12. The average Bonchev–Trinajstić information content (AvgIpc) is 2.57. The summed E-state index contributed by atoms with van der Waals surface area (Å²) in [6, 6.07) is 22.4. The summed E-state index contributed by atoms with van der Waals surface area (Å²) >= 11 is 5.96. The molecule has 1 heterocycles. The summed E-state index contributed by atoms with van der Waals surface area (Å²) in [7, 11) is 0. The molecule has 3 aromatic carbocycles. The van der Waals surface area contributed by atoms with E-state index in [9.17, 15) is 0 Å². The van der Waals surface area contributed by atoms with Gasteiger partial charge in [0.05, 0.1) is 5.52 Å². The molecule has 3 heteroatoms. The van der Waals surface area contributed by atoms with Gasteiger partial charge >= 0.3 is 0 Å². The molecule has 0 saturated carbocycles. The Morgan fingerprint density at radius 2 is 1.65 bits per heavy atom. The van der Waals surface area contributed by atoms with E-state index >= 15 is 0 Å². The van der Waals surface area contributed by atoms with E-state index in [0.717, 1.165) is 33.0 Å². The molecule has 0 amide bonds. The van der Waals surface area contributed by atoms with Gasteiger partial charge in [-0.3, -0.25) is 4.98 Å². The molecule has 0 fully saturated rings. The van der Waals surface area contributed by atoms with Gasteiger partial charge < -0.3 is 5.32 Å². The van der Waals surface area contributed by atoms with E-state index in [1.807, 2.05) is 31.2 Å². The molecule has 112 valence electrons. The van der Waals surface area contributed by atoms with Crippen LogP contribution in [0.4, 0.5) is 11.4 Å². The fourth-order valence-corrected chi connectivity index (χ4v) is 3.01. The van der Waals surface area contributed by atoms with Crippen LogP contribution in [0.15, 0.2) is 66.7 Å². The van der Waals surface area contributed by atoms with Crippen molar-refractivity contribution in [2.45, 2.75) is 6.92 Å². The third-order valence-corrected chi connectivity index (χ3v) is 4.21. The molecule has 4 rings (SSSR count). The zero-order valence-electron chi connectivity index (χ0n) is 12.7. The largest absolute Gasteiger partial charge is 0.355 e. The zero-order chi connectivity index (χ0) is 15.8. The first kappa shape index (κ1) is 14.0. The van der Waals surface area contributed by atoms with Gasteiger partial charge in [0, 0.05) is 32.9 Å². The summed E-state index contributed by atoms with van der Waals surface area (Å²) in [4.78, 5) is 4.76. The molecule has 4 aromatic rings. The van der Waals surface area contributed by atoms with Crippen molar-refractivity contribution in [2.24, 2.45) is 0 Å². The minimum absolute atomic E-state index is 0.734. The van der Waals surface area contributed by atoms with Crippen LogP contribution in [0.2, 0.25) is 5.02 Å². The number of pyridine rings is 1. The topological polar surface area (TPSA) is 24.9 Å². The van der Waals surface area contributed by atoms with Crippen molar-refractivity contribution < 1.29 is 0 Å². The summed E-state index contributed by atoms with van der Waals surface area (Å²) < 4.78 is 0. The number of fused-ring (bicyclic) bond motifs is 3. The first-order chi connectivity index (χ1) is 11.2. The maximum absolute atomic E-state index is 5.96. The molecule has 2 nitrogen and oxygen atoms in total. The lowest BCUT2D eigenvalue weighted by molar-refractivity contribution is 1.26. The number of aryl methyl sites for hydroxylation is 1. The van der Waals surface area contributed by atoms with Gasteiger partial charge in [0.2, 0.25) is 0 Å². The van der Waals surface area contributed by atoms with Gasteiger partial charge in [-0.2, -0.15) is 0 Å². The third kappa shape index (κ3) is 2.62. The van der Waals surface area contributed by atoms with Crippen LogP contribution in [0.25, 0.3) is 21.7 Å². The highest BCUT2D eigenvalue weighted by Crippen LogP contribution is 2.31. The van der Waals surface area contributed by atoms with Crippen LogP contribution in [-0.4, -0.2) is 4.98 Å². The highest BCUT2D eigenvalue weighted by Gasteiger charge is 2.08. The molecular weight excluding hydrogens is 304 g/mol. The second kappa shape index (κ2) is 5.56. The highest BCUT2D eigenvalue weighted by molar-refractivity contribution is 6.30. The number of nitrogens with one attached hydrogen (secondary N) is 1. The van der Waals surface area contributed by atoms with Gasteiger partial charge in [0.15, 0.2) is 0 Å². The zero-order valence-corrected chi connectivity index (χ0v) is 13.4. The van der Waals surface area contributed by atoms with E-state index in [1.54, 1.807) is 0 Å². The molecule has 1 aromatic heterocycles. The molecule has 23 heavy (non-hydrogen) atoms. The monoisotopic (exact) mass is 318 g/mol. The summed E-state index contributed by atoms with van der Waals surface area (Å²) in [5.41, 5.74) is 4.08. The van der Waals surface area contributed by atoms with E-state index in [0.29, 0.717) is 0 Å². The maximum atomic E-state index is 5.96. The number of nitrogens with zero attached hydrogens (tertiary/aromatic N) is 1. The Labute approximate surface area is 139 Å². The number of benzene rings is 3. The summed E-state index contributed by atoms with van der Waals surface area (Å²) in [6.45, 7) is 2.02. The van der Waals surface area contributed by atoms with Crippen LogP contribution in [-0.2, 0) is 0 Å². The predicted molar refractivity (Wildman–Crippen MR) is 98.7 cm³/mol. The number of halogens is 1. The third-order valence-electron chi connectivity index (χ3n) is 3.96. The Bertz CT molecular complexity index is 1010. The Balaban J connectivity index is 1.92. The van der Waals surface area contributed by atoms with E-state index in [1.165, 1.54) is 10.8 Å². The highest BCUT2D eigenvalue weighted by atomic mass is 35.5. The number of anilines is 2. The van der Waals surface area contributed by atoms with Crippen molar-refractivity contribution >= 4 is 44.7 Å². The molecule has 0 aliphatic rings. The molecule has 0 unspecified atom stereocenters. The SMILES string of the molecule is Cc1cc(Nc2ccc(Cl)cc2)c2ccc3ccccc3c2n1. The second-order valence-electron chi connectivity index (χ2n) is 5.63. The molecule has 0 saturated heterocycles. The van der Waals surface area contributed by atoms with E-state index < -0.39 is 0 Å². The Morgan fingerprint density at radius 1 is 0.870 bits per heavy atom. The lowest BCUT2D eigenvalue weighted by Crippen LogP contribution is -1.95. The van der Waals surface area contributed by atoms with Crippen molar-refractivity contribution in [3.8, 4) is 0 Å². The molecule has 0 aliphatic carbocycles. The fourth-order valence-electron chi connectivity index (χ4n) is 2.88. The lowest BCUT2D eigenvalue weighted by atomic mass is 10.0. The second-order valence-corrected chi connectivity index (χ2v) is 6.06. The van der Waals surface area contributed by atoms with Gasteiger partial charge in [-0.05, 0) is 42.6 Å². The number of rotatable bonds is 2. The first-order valence-electron chi connectivity index (χ1n) is 7.52. The molecule has 0 radical (unpaired) electrons. The van der Waals surface area contributed by atoms with Crippen molar-refractivity contribution in [1.82, 2.24) is 4.98 Å². The van der Waals surface area contributed by atoms with Crippen molar-refractivity contribution in [2.75, 3.05) is 5.32 Å². The summed E-state index contributed by atoms with van der Waals surface area (Å²) in [6.07, 6.45) is 0. The number of aromatic nitrogens is 1. The van der Waals surface area contributed by atoms with Crippen LogP contribution >= 0.6 is 11.6 Å². The van der Waals surface area contributed by atoms with Crippen LogP contribution in [0.5, 0.6) is 0 Å². The van der Waals surface area contributed by atoms with E-state index in [4.69, 9.17) is 16.6 Å². The van der Waals surface area contributed by atoms with Gasteiger partial charge in [0.25, 0.3) is 0 Å². The van der Waals surface area contributed by atoms with E-state index in [-0.39, 0.29) is 0 Å². The van der Waals surface area contributed by atoms with Crippen molar-refractivity contribution in [3.63, 3.8) is 0 Å². The maximum Gasteiger partial charge on any atom is 0.0804 e. The Hall–Kier alpha value is -2.58. The van der Waals surface area contributed by atoms with Gasteiger partial charge in [0.1, 0.15) is 0 Å². The predicted octanol–water partition coefficient (Wildman–Crippen LogP) is 6.09. The minimum atomic E-state index is 0.734. The molecule has 0 atom stereocenters. The average molecular weight is 319 g/mol. The Kier molecular flexibility index (Phi) is 3.40. The van der Waals surface area contributed by atoms with Gasteiger partial charge in [-0.1, -0.05) is 48.0 Å². The fraction of sp³-hybridized carbons (Fsp3) is 0.0500. The van der Waals surface area contributed by atoms with Crippen LogP contribution < -0.4 is 5.32 Å². The summed E-state index contributed by atoms with van der Waals surface area (Å²) in [5.74, 6) is 0. The van der Waals surface area contributed by atoms with Crippen LogP contribution in [0, 0.1) is 6.92 Å². The Morgan fingerprint density at radius 3 is 2.48 bits per heavy atom. The standard InChI is InChI=1S/C20H15ClN2/c1-13-12-19(23-16-9-7-15(21)8-10-16)18-11-6-14-4-2-3-5-17(14)20(18)22-13/h2-12H,1H3,(H,22,23). The first-order valence-corrected chi connectivity index (χ1v) is 7.90. The summed E-state index contributed by atoms with van der Waals surface area (Å²) in [5, 5.41) is 7.71. The van der Waals surface area contributed by atoms with Crippen LogP contribution in [0.1, 0.15) is 5.69 Å². The smallest absolute Gasteiger partial charge is 0.0804 e. The quantitative estimate of drug-likeness (QED) is 0.452. The molecule has 0 aliphatic heterocycles. The number of hydrogen-bond donors (Lipinski definition) is 1. The van der Waals surface area contributed by atoms with Crippen LogP contribution in [0.3, 0.4) is 0 Å².